The van der Waals surface area contributed by atoms with Gasteiger partial charge in [-0.1, -0.05) is 6.07 Å². The molecule has 164 valence electrons. The molecule has 4 aliphatic carbocycles. The van der Waals surface area contributed by atoms with E-state index in [2.05, 4.69) is 5.32 Å². The summed E-state index contributed by atoms with van der Waals surface area (Å²) in [4.78, 5) is 27.5. The Labute approximate surface area is 181 Å². The van der Waals surface area contributed by atoms with Crippen LogP contribution in [0.3, 0.4) is 0 Å². The number of carbonyl (C=O) groups is 2. The molecule has 9 heteroatoms. The zero-order chi connectivity index (χ0) is 21.1. The molecule has 4 saturated carbocycles. The van der Waals surface area contributed by atoms with Crippen LogP contribution in [0.1, 0.15) is 45.4 Å². The zero-order valence-corrected chi connectivity index (χ0v) is 18.9. The standard InChI is InChI=1S/C21H29N3O4S2/c1-15(25)22-21-12-16-9-17(13-21)11-20(10-16,14-21)19(26)23-4-6-24(7-5-23)30(27,28)18-3-2-8-29-18/h2-3,8,16-17H,4-7,9-14H2,1H3,(H,22,25)/t16-,17-,20?,21?/m1/s1. The van der Waals surface area contributed by atoms with Gasteiger partial charge in [-0.25, -0.2) is 8.42 Å². The van der Waals surface area contributed by atoms with Crippen molar-refractivity contribution in [2.45, 2.75) is 55.2 Å². The van der Waals surface area contributed by atoms with Gasteiger partial charge in [0, 0.05) is 38.6 Å². The van der Waals surface area contributed by atoms with Crippen LogP contribution in [0.2, 0.25) is 0 Å². The molecular formula is C21H29N3O4S2. The van der Waals surface area contributed by atoms with Crippen LogP contribution in [0.5, 0.6) is 0 Å². The molecule has 0 aromatic carbocycles. The molecule has 1 N–H and O–H groups in total. The Morgan fingerprint density at radius 1 is 1.10 bits per heavy atom. The average Bonchev–Trinajstić information content (AvgIpc) is 3.21. The highest BCUT2D eigenvalue weighted by Crippen LogP contribution is 2.62. The largest absolute Gasteiger partial charge is 0.351 e. The Morgan fingerprint density at radius 2 is 1.77 bits per heavy atom. The van der Waals surface area contributed by atoms with Crippen LogP contribution >= 0.6 is 11.3 Å². The third-order valence-electron chi connectivity index (χ3n) is 7.57. The lowest BCUT2D eigenvalue weighted by molar-refractivity contribution is -0.164. The lowest BCUT2D eigenvalue weighted by atomic mass is 9.46. The van der Waals surface area contributed by atoms with E-state index in [-0.39, 0.29) is 22.8 Å². The lowest BCUT2D eigenvalue weighted by Gasteiger charge is -2.62. The van der Waals surface area contributed by atoms with Gasteiger partial charge >= 0.3 is 0 Å². The molecule has 7 nitrogen and oxygen atoms in total. The minimum absolute atomic E-state index is 0.00746. The van der Waals surface area contributed by atoms with Crippen molar-refractivity contribution in [3.8, 4) is 0 Å². The van der Waals surface area contributed by atoms with Crippen LogP contribution in [0.25, 0.3) is 0 Å². The fraction of sp³-hybridized carbons (Fsp3) is 0.714. The summed E-state index contributed by atoms with van der Waals surface area (Å²) in [5.41, 5.74) is -0.614. The summed E-state index contributed by atoms with van der Waals surface area (Å²) in [6.45, 7) is 3.12. The van der Waals surface area contributed by atoms with Crippen molar-refractivity contribution in [2.24, 2.45) is 17.3 Å². The van der Waals surface area contributed by atoms with Gasteiger partial charge < -0.3 is 10.2 Å². The summed E-state index contributed by atoms with van der Waals surface area (Å²) in [5.74, 6) is 1.18. The maximum atomic E-state index is 13.7. The first-order valence-corrected chi connectivity index (χ1v) is 13.2. The fourth-order valence-corrected chi connectivity index (χ4v) is 9.60. The Balaban J connectivity index is 1.31. The van der Waals surface area contributed by atoms with Crippen LogP contribution in [-0.4, -0.2) is 61.2 Å². The smallest absolute Gasteiger partial charge is 0.252 e. The van der Waals surface area contributed by atoms with Gasteiger partial charge in [-0.05, 0) is 61.8 Å². The molecule has 1 saturated heterocycles. The summed E-state index contributed by atoms with van der Waals surface area (Å²) in [6, 6.07) is 3.38. The van der Waals surface area contributed by atoms with E-state index in [0.717, 1.165) is 32.1 Å². The van der Waals surface area contributed by atoms with Crippen molar-refractivity contribution in [2.75, 3.05) is 26.2 Å². The second-order valence-electron chi connectivity index (χ2n) is 9.83. The van der Waals surface area contributed by atoms with Gasteiger partial charge in [-0.3, -0.25) is 9.59 Å². The van der Waals surface area contributed by atoms with Crippen LogP contribution < -0.4 is 5.32 Å². The number of piperazine rings is 1. The maximum Gasteiger partial charge on any atom is 0.252 e. The molecule has 30 heavy (non-hydrogen) atoms. The van der Waals surface area contributed by atoms with E-state index in [0.29, 0.717) is 42.2 Å². The van der Waals surface area contributed by atoms with E-state index in [1.54, 1.807) is 24.4 Å². The van der Waals surface area contributed by atoms with Crippen molar-refractivity contribution < 1.29 is 18.0 Å². The van der Waals surface area contributed by atoms with Crippen LogP contribution in [0.15, 0.2) is 21.7 Å². The monoisotopic (exact) mass is 451 g/mol. The number of hydrogen-bond donors (Lipinski definition) is 1. The topological polar surface area (TPSA) is 86.8 Å². The Bertz CT molecular complexity index is 937. The molecule has 1 aliphatic heterocycles. The molecule has 2 amide bonds. The fourth-order valence-electron chi connectivity index (χ4n) is 7.04. The number of amides is 2. The first-order chi connectivity index (χ1) is 14.2. The third kappa shape index (κ3) is 3.29. The van der Waals surface area contributed by atoms with Crippen molar-refractivity contribution in [3.05, 3.63) is 17.5 Å². The van der Waals surface area contributed by atoms with Gasteiger partial charge in [0.1, 0.15) is 4.21 Å². The van der Waals surface area contributed by atoms with Crippen molar-refractivity contribution in [3.63, 3.8) is 0 Å². The Hall–Kier alpha value is -1.45. The lowest BCUT2D eigenvalue weighted by Crippen LogP contribution is -2.66. The predicted octanol–water partition coefficient (Wildman–Crippen LogP) is 2.06. The number of rotatable bonds is 4. The maximum absolute atomic E-state index is 13.7. The summed E-state index contributed by atoms with van der Waals surface area (Å²) >= 11 is 1.23. The van der Waals surface area contributed by atoms with Crippen LogP contribution in [0, 0.1) is 17.3 Å². The Kier molecular flexibility index (Phi) is 4.79. The van der Waals surface area contributed by atoms with E-state index >= 15 is 0 Å². The van der Waals surface area contributed by atoms with Gasteiger partial charge in [-0.2, -0.15) is 4.31 Å². The van der Waals surface area contributed by atoms with E-state index in [4.69, 9.17) is 0 Å². The highest BCUT2D eigenvalue weighted by Gasteiger charge is 2.61. The molecule has 5 fully saturated rings. The number of carbonyl (C=O) groups excluding carboxylic acids is 2. The molecule has 2 atom stereocenters. The first kappa shape index (κ1) is 20.5. The van der Waals surface area contributed by atoms with Crippen molar-refractivity contribution >= 4 is 33.2 Å². The molecule has 0 unspecified atom stereocenters. The molecule has 0 spiro atoms. The molecule has 5 aliphatic rings. The van der Waals surface area contributed by atoms with Gasteiger partial charge in [0.15, 0.2) is 0 Å². The molecular weight excluding hydrogens is 422 g/mol. The molecule has 1 aromatic rings. The number of nitrogens with one attached hydrogen (secondary N) is 1. The van der Waals surface area contributed by atoms with Crippen molar-refractivity contribution in [1.82, 2.24) is 14.5 Å². The average molecular weight is 452 g/mol. The van der Waals surface area contributed by atoms with Gasteiger partial charge in [-0.15, -0.1) is 11.3 Å². The number of nitrogens with zero attached hydrogens (tertiary/aromatic N) is 2. The summed E-state index contributed by atoms with van der Waals surface area (Å²) < 4.78 is 27.4. The minimum atomic E-state index is -3.47. The quantitative estimate of drug-likeness (QED) is 0.759. The van der Waals surface area contributed by atoms with Gasteiger partial charge in [0.25, 0.3) is 10.0 Å². The highest BCUT2D eigenvalue weighted by molar-refractivity contribution is 7.91. The van der Waals surface area contributed by atoms with Gasteiger partial charge in [0.2, 0.25) is 11.8 Å². The zero-order valence-electron chi connectivity index (χ0n) is 17.3. The highest BCUT2D eigenvalue weighted by atomic mass is 32.2. The summed E-state index contributed by atoms with van der Waals surface area (Å²) in [7, 11) is -3.47. The number of hydrogen-bond acceptors (Lipinski definition) is 5. The number of sulfonamides is 1. The predicted molar refractivity (Wildman–Crippen MR) is 113 cm³/mol. The Morgan fingerprint density at radius 3 is 2.33 bits per heavy atom. The van der Waals surface area contributed by atoms with E-state index in [1.807, 2.05) is 4.90 Å². The normalized spacial score (nSPS) is 36.1. The van der Waals surface area contributed by atoms with Gasteiger partial charge in [0.05, 0.1) is 5.41 Å². The van der Waals surface area contributed by atoms with Crippen molar-refractivity contribution in [1.29, 1.82) is 0 Å². The second-order valence-corrected chi connectivity index (χ2v) is 12.9. The van der Waals surface area contributed by atoms with E-state index < -0.39 is 10.0 Å². The summed E-state index contributed by atoms with van der Waals surface area (Å²) in [6.07, 6.45) is 5.72. The third-order valence-corrected chi connectivity index (χ3v) is 10.8. The molecule has 2 heterocycles. The molecule has 4 bridgehead atoms. The minimum Gasteiger partial charge on any atom is -0.351 e. The molecule has 1 aromatic heterocycles. The summed E-state index contributed by atoms with van der Waals surface area (Å²) in [5, 5.41) is 4.98. The van der Waals surface area contributed by atoms with E-state index in [9.17, 15) is 18.0 Å². The SMILES string of the molecule is CC(=O)NC12C[C@@H]3C[C@@H](C1)CC(C(=O)N1CCN(S(=O)(=O)c4cccs4)CC1)(C3)C2. The molecule has 6 rings (SSSR count). The first-order valence-electron chi connectivity index (χ1n) is 10.8. The van der Waals surface area contributed by atoms with Crippen LogP contribution in [-0.2, 0) is 19.6 Å². The molecule has 0 radical (unpaired) electrons. The second kappa shape index (κ2) is 7.03. The van der Waals surface area contributed by atoms with E-state index in [1.165, 1.54) is 22.1 Å². The van der Waals surface area contributed by atoms with Crippen LogP contribution in [0.4, 0.5) is 0 Å². The number of thiophene rings is 1.